The van der Waals surface area contributed by atoms with Crippen molar-refractivity contribution in [1.82, 2.24) is 24.8 Å². The van der Waals surface area contributed by atoms with Gasteiger partial charge in [-0.15, -0.1) is 28.2 Å². The number of nitrogens with two attached hydrogens (primary N) is 1. The van der Waals surface area contributed by atoms with Gasteiger partial charge in [-0.2, -0.15) is 0 Å². The summed E-state index contributed by atoms with van der Waals surface area (Å²) in [5.41, 5.74) is 6.37. The van der Waals surface area contributed by atoms with E-state index < -0.39 is 47.7 Å². The Hall–Kier alpha value is -3.83. The van der Waals surface area contributed by atoms with Gasteiger partial charge in [0.2, 0.25) is 6.79 Å². The average Bonchev–Trinajstić information content (AvgIpc) is 3.48. The van der Waals surface area contributed by atoms with Crippen LogP contribution in [0.5, 0.6) is 0 Å². The summed E-state index contributed by atoms with van der Waals surface area (Å²) in [5.74, 6) is -2.64. The van der Waals surface area contributed by atoms with E-state index in [4.69, 9.17) is 10.5 Å². The lowest BCUT2D eigenvalue weighted by Gasteiger charge is -2.49. The van der Waals surface area contributed by atoms with Crippen LogP contribution in [-0.2, 0) is 28.7 Å². The number of carbonyl (C=O) groups is 4. The third-order valence-electron chi connectivity index (χ3n) is 5.13. The van der Waals surface area contributed by atoms with Gasteiger partial charge >= 0.3 is 11.9 Å². The minimum absolute atomic E-state index is 0.0406. The van der Waals surface area contributed by atoms with Crippen LogP contribution in [0.25, 0.3) is 6.08 Å². The summed E-state index contributed by atoms with van der Waals surface area (Å²) in [6.45, 7) is 2.32. The van der Waals surface area contributed by atoms with E-state index in [0.29, 0.717) is 17.0 Å². The number of rotatable bonds is 8. The van der Waals surface area contributed by atoms with Gasteiger partial charge in [0.1, 0.15) is 22.8 Å². The van der Waals surface area contributed by atoms with Crippen LogP contribution >= 0.6 is 34.6 Å². The Labute approximate surface area is 221 Å². The van der Waals surface area contributed by atoms with Gasteiger partial charge in [0.05, 0.1) is 10.6 Å². The molecule has 4 rings (SSSR count). The predicted octanol–water partition coefficient (Wildman–Crippen LogP) is 0.495. The quantitative estimate of drug-likeness (QED) is 0.100. The monoisotopic (exact) mass is 565 g/mol. The molecule has 0 aliphatic carbocycles. The summed E-state index contributed by atoms with van der Waals surface area (Å²) in [6, 6.07) is -1.01. The van der Waals surface area contributed by atoms with E-state index in [1.807, 2.05) is 0 Å². The second-order valence-electron chi connectivity index (χ2n) is 7.50. The van der Waals surface area contributed by atoms with Gasteiger partial charge in [0, 0.05) is 18.1 Å². The number of allylic oxidation sites excluding steroid dienone is 1. The number of thiazole rings is 1. The highest BCUT2D eigenvalue weighted by atomic mass is 32.2. The summed E-state index contributed by atoms with van der Waals surface area (Å²) in [6.07, 6.45) is 3.39. The Morgan fingerprint density at radius 3 is 2.76 bits per heavy atom. The van der Waals surface area contributed by atoms with Crippen molar-refractivity contribution < 1.29 is 33.9 Å². The number of ether oxygens (including phenoxy) is 2. The molecule has 2 aromatic heterocycles. The number of amides is 2. The van der Waals surface area contributed by atoms with E-state index in [1.54, 1.807) is 19.1 Å². The number of nitrogens with zero attached hydrogens (tertiary/aromatic N) is 5. The molecular formula is C20H19N7O7S3. The van der Waals surface area contributed by atoms with Crippen LogP contribution in [-0.4, -0.2) is 78.1 Å². The molecule has 0 aromatic carbocycles. The Kier molecular flexibility index (Phi) is 7.84. The molecule has 37 heavy (non-hydrogen) atoms. The third kappa shape index (κ3) is 5.47. The topological polar surface area (TPSA) is 199 Å². The first-order valence-corrected chi connectivity index (χ1v) is 13.1. The second kappa shape index (κ2) is 11.1. The van der Waals surface area contributed by atoms with Crippen LogP contribution < -0.4 is 11.1 Å². The molecule has 194 valence electrons. The van der Waals surface area contributed by atoms with Gasteiger partial charge in [0.15, 0.2) is 10.8 Å². The van der Waals surface area contributed by atoms with Gasteiger partial charge in [-0.1, -0.05) is 15.7 Å². The molecule has 4 N–H and O–H groups in total. The predicted molar refractivity (Wildman–Crippen MR) is 133 cm³/mol. The van der Waals surface area contributed by atoms with Crippen molar-refractivity contribution >= 4 is 75.3 Å². The van der Waals surface area contributed by atoms with Gasteiger partial charge in [-0.25, -0.2) is 9.78 Å². The number of fused-ring (bicyclic) bond motifs is 1. The maximum atomic E-state index is 13.1. The molecule has 2 aromatic rings. The number of thioether (sulfide) groups is 1. The standard InChI is InChI=1S/C20H19N7O7S3/c1-8-12(37-26-24-8)4-3-10-5-35-18-14(23-16(29)13(25-32)11-6-36-20(21)22-11)17(30)27(18)15(10)19(31)34-7-33-9(2)28/h3-4,6,14,18,32H,5,7H2,1-2H3,(H2,21,22)(H,23,29)/b4-3-,25-13-. The molecule has 2 aliphatic heterocycles. The zero-order chi connectivity index (χ0) is 26.7. The second-order valence-corrected chi connectivity index (χ2v) is 10.3. The first-order chi connectivity index (χ1) is 17.7. The lowest BCUT2D eigenvalue weighted by atomic mass is 10.0. The molecule has 0 bridgehead atoms. The zero-order valence-corrected chi connectivity index (χ0v) is 21.7. The van der Waals surface area contributed by atoms with Crippen LogP contribution in [0.3, 0.4) is 0 Å². The van der Waals surface area contributed by atoms with Gasteiger partial charge in [-0.3, -0.25) is 19.3 Å². The Bertz CT molecular complexity index is 1350. The van der Waals surface area contributed by atoms with Crippen LogP contribution in [0.4, 0.5) is 5.13 Å². The molecule has 4 heterocycles. The minimum atomic E-state index is -1.01. The fourth-order valence-corrected chi connectivity index (χ4v) is 5.80. The number of esters is 2. The molecule has 2 amide bonds. The van der Waals surface area contributed by atoms with Gasteiger partial charge in [0.25, 0.3) is 11.8 Å². The van der Waals surface area contributed by atoms with Crippen LogP contribution in [0.1, 0.15) is 23.2 Å². The van der Waals surface area contributed by atoms with E-state index in [2.05, 4.69) is 29.8 Å². The molecule has 14 nitrogen and oxygen atoms in total. The number of carbonyl (C=O) groups excluding carboxylic acids is 4. The Morgan fingerprint density at radius 1 is 1.35 bits per heavy atom. The maximum absolute atomic E-state index is 13.1. The molecule has 2 aliphatic rings. The molecule has 0 spiro atoms. The van der Waals surface area contributed by atoms with Crippen LogP contribution in [0.15, 0.2) is 27.9 Å². The minimum Gasteiger partial charge on any atom is -0.428 e. The smallest absolute Gasteiger partial charge is 0.358 e. The molecule has 17 heteroatoms. The number of hydrogen-bond donors (Lipinski definition) is 3. The number of nitrogens with one attached hydrogen (secondary N) is 1. The lowest BCUT2D eigenvalue weighted by molar-refractivity contribution is -0.166. The van der Waals surface area contributed by atoms with Crippen LogP contribution in [0, 0.1) is 6.92 Å². The highest BCUT2D eigenvalue weighted by Gasteiger charge is 2.54. The van der Waals surface area contributed by atoms with E-state index >= 15 is 0 Å². The van der Waals surface area contributed by atoms with Gasteiger partial charge in [-0.05, 0) is 30.1 Å². The van der Waals surface area contributed by atoms with E-state index in [0.717, 1.165) is 23.1 Å². The van der Waals surface area contributed by atoms with Crippen molar-refractivity contribution in [3.63, 3.8) is 0 Å². The van der Waals surface area contributed by atoms with Crippen LogP contribution in [0.2, 0.25) is 0 Å². The molecule has 2 unspecified atom stereocenters. The first-order valence-electron chi connectivity index (χ1n) is 10.4. The molecule has 1 saturated heterocycles. The molecule has 2 atom stereocenters. The van der Waals surface area contributed by atoms with Crippen molar-refractivity contribution in [3.05, 3.63) is 39.0 Å². The highest BCUT2D eigenvalue weighted by molar-refractivity contribution is 8.00. The highest BCUT2D eigenvalue weighted by Crippen LogP contribution is 2.41. The fraction of sp³-hybridized carbons (Fsp3) is 0.300. The van der Waals surface area contributed by atoms with E-state index in [9.17, 15) is 24.4 Å². The fourth-order valence-electron chi connectivity index (χ4n) is 3.38. The summed E-state index contributed by atoms with van der Waals surface area (Å²) in [7, 11) is 0. The number of β-lactam (4-membered cyclic amide) rings is 1. The van der Waals surface area contributed by atoms with Crippen molar-refractivity contribution in [2.75, 3.05) is 18.3 Å². The number of oxime groups is 1. The first kappa shape index (κ1) is 26.2. The number of hydrogen-bond acceptors (Lipinski definition) is 15. The van der Waals surface area contributed by atoms with Crippen molar-refractivity contribution in [1.29, 1.82) is 0 Å². The van der Waals surface area contributed by atoms with Crippen molar-refractivity contribution in [3.8, 4) is 0 Å². The van der Waals surface area contributed by atoms with Gasteiger partial charge < -0.3 is 25.7 Å². The summed E-state index contributed by atoms with van der Waals surface area (Å²) in [4.78, 5) is 55.7. The molecule has 0 saturated carbocycles. The number of aromatic nitrogens is 3. The maximum Gasteiger partial charge on any atom is 0.358 e. The SMILES string of the molecule is CC(=O)OCOC(=O)C1=C(/C=C\c2snnc2C)CSC2C(NC(=O)/C(=N\O)c3csc(N)n3)C(=O)N12. The summed E-state index contributed by atoms with van der Waals surface area (Å²) in [5, 5.41) is 19.7. The molecular weight excluding hydrogens is 546 g/mol. The third-order valence-corrected chi connectivity index (χ3v) is 7.90. The van der Waals surface area contributed by atoms with Crippen molar-refractivity contribution in [2.24, 2.45) is 5.16 Å². The zero-order valence-electron chi connectivity index (χ0n) is 19.2. The normalized spacial score (nSPS) is 19.5. The number of aryl methyl sites for hydroxylation is 1. The summed E-state index contributed by atoms with van der Waals surface area (Å²) < 4.78 is 13.6. The van der Waals surface area contributed by atoms with E-state index in [1.165, 1.54) is 33.6 Å². The lowest BCUT2D eigenvalue weighted by Crippen LogP contribution is -2.71. The largest absolute Gasteiger partial charge is 0.428 e. The number of anilines is 1. The summed E-state index contributed by atoms with van der Waals surface area (Å²) >= 11 is 3.53. The Balaban J connectivity index is 1.56. The van der Waals surface area contributed by atoms with Crippen molar-refractivity contribution in [2.45, 2.75) is 25.3 Å². The van der Waals surface area contributed by atoms with E-state index in [-0.39, 0.29) is 16.5 Å². The average molecular weight is 566 g/mol. The number of nitrogen functional groups attached to an aromatic ring is 1. The molecule has 1 fully saturated rings. The Morgan fingerprint density at radius 2 is 2.14 bits per heavy atom. The molecule has 0 radical (unpaired) electrons.